The number of hydrogen-bond acceptors (Lipinski definition) is 3. The van der Waals surface area contributed by atoms with Crippen LogP contribution in [-0.4, -0.2) is 5.91 Å². The molecule has 1 aromatic heterocycles. The summed E-state index contributed by atoms with van der Waals surface area (Å²) in [6.07, 6.45) is 1.40. The number of nitriles is 1. The number of nitrogens with one attached hydrogen (secondary N) is 1. The third-order valence-corrected chi connectivity index (χ3v) is 4.33. The molecule has 0 saturated heterocycles. The normalized spacial score (nSPS) is 11.1. The maximum absolute atomic E-state index is 12.3. The molecule has 1 amide bonds. The number of benzene rings is 2. The lowest BCUT2D eigenvalue weighted by molar-refractivity contribution is -0.112. The van der Waals surface area contributed by atoms with E-state index in [0.29, 0.717) is 27.3 Å². The number of aryl methyl sites for hydroxylation is 1. The Bertz CT molecular complexity index is 1060. The second kappa shape index (κ2) is 8.13. The van der Waals surface area contributed by atoms with Crippen LogP contribution in [0.1, 0.15) is 11.3 Å². The lowest BCUT2D eigenvalue weighted by Crippen LogP contribution is -2.13. The van der Waals surface area contributed by atoms with Crippen LogP contribution in [0.25, 0.3) is 17.4 Å². The molecular weight excluding hydrogens is 383 g/mol. The minimum Gasteiger partial charge on any atom is -0.457 e. The van der Waals surface area contributed by atoms with Gasteiger partial charge in [-0.15, -0.1) is 0 Å². The average molecular weight is 397 g/mol. The van der Waals surface area contributed by atoms with Crippen LogP contribution in [0.2, 0.25) is 10.0 Å². The van der Waals surface area contributed by atoms with Gasteiger partial charge in [0, 0.05) is 27.4 Å². The lowest BCUT2D eigenvalue weighted by Gasteiger charge is -2.04. The standard InChI is InChI=1S/C21H14Cl2N2O2/c1-13-2-3-16(23)11-19(13)20-9-8-18(27-20)10-14(12-24)21(26)25-17-6-4-15(22)5-7-17/h2-11H,1H3,(H,25,26)/b14-10-. The molecule has 0 aliphatic rings. The van der Waals surface area contributed by atoms with Gasteiger partial charge >= 0.3 is 0 Å². The van der Waals surface area contributed by atoms with Crippen LogP contribution in [-0.2, 0) is 4.79 Å². The van der Waals surface area contributed by atoms with Gasteiger partial charge in [-0.2, -0.15) is 5.26 Å². The van der Waals surface area contributed by atoms with E-state index in [0.717, 1.165) is 11.1 Å². The van der Waals surface area contributed by atoms with Crippen molar-refractivity contribution in [2.24, 2.45) is 0 Å². The largest absolute Gasteiger partial charge is 0.457 e. The van der Waals surface area contributed by atoms with Gasteiger partial charge in [0.1, 0.15) is 23.2 Å². The Balaban J connectivity index is 1.83. The fraction of sp³-hybridized carbons (Fsp3) is 0.0476. The van der Waals surface area contributed by atoms with Gasteiger partial charge in [0.15, 0.2) is 0 Å². The van der Waals surface area contributed by atoms with Gasteiger partial charge in [0.25, 0.3) is 5.91 Å². The molecule has 0 fully saturated rings. The van der Waals surface area contributed by atoms with Crippen molar-refractivity contribution in [3.63, 3.8) is 0 Å². The molecule has 2 aromatic carbocycles. The molecule has 0 unspecified atom stereocenters. The minimum absolute atomic E-state index is 0.0753. The summed E-state index contributed by atoms with van der Waals surface area (Å²) < 4.78 is 5.77. The van der Waals surface area contributed by atoms with Crippen molar-refractivity contribution in [2.45, 2.75) is 6.92 Å². The summed E-state index contributed by atoms with van der Waals surface area (Å²) in [4.78, 5) is 12.3. The summed E-state index contributed by atoms with van der Waals surface area (Å²) in [6.45, 7) is 1.95. The molecule has 3 rings (SSSR count). The number of hydrogen-bond donors (Lipinski definition) is 1. The SMILES string of the molecule is Cc1ccc(Cl)cc1-c1ccc(/C=C(/C#N)C(=O)Nc2ccc(Cl)cc2)o1. The number of furan rings is 1. The summed E-state index contributed by atoms with van der Waals surface area (Å²) in [5, 5.41) is 13.1. The van der Waals surface area contributed by atoms with Crippen LogP contribution in [0, 0.1) is 18.3 Å². The number of rotatable bonds is 4. The van der Waals surface area contributed by atoms with Gasteiger partial charge in [0.05, 0.1) is 0 Å². The maximum atomic E-state index is 12.3. The molecule has 3 aromatic rings. The van der Waals surface area contributed by atoms with Crippen molar-refractivity contribution in [3.8, 4) is 17.4 Å². The van der Waals surface area contributed by atoms with Crippen LogP contribution >= 0.6 is 23.2 Å². The van der Waals surface area contributed by atoms with Crippen LogP contribution < -0.4 is 5.32 Å². The molecule has 1 N–H and O–H groups in total. The van der Waals surface area contributed by atoms with Crippen LogP contribution in [0.15, 0.2) is 64.6 Å². The summed E-state index contributed by atoms with van der Waals surface area (Å²) in [5.41, 5.74) is 2.32. The molecule has 0 atom stereocenters. The number of anilines is 1. The minimum atomic E-state index is -0.531. The Labute approximate surface area is 166 Å². The quantitative estimate of drug-likeness (QED) is 0.427. The smallest absolute Gasteiger partial charge is 0.266 e. The topological polar surface area (TPSA) is 66.0 Å². The fourth-order valence-electron chi connectivity index (χ4n) is 2.46. The number of nitrogens with zero attached hydrogens (tertiary/aromatic N) is 1. The van der Waals surface area contributed by atoms with Crippen LogP contribution in [0.5, 0.6) is 0 Å². The van der Waals surface area contributed by atoms with E-state index >= 15 is 0 Å². The average Bonchev–Trinajstić information content (AvgIpc) is 3.12. The first-order valence-corrected chi connectivity index (χ1v) is 8.77. The zero-order chi connectivity index (χ0) is 19.4. The van der Waals surface area contributed by atoms with Crippen LogP contribution in [0.4, 0.5) is 5.69 Å². The number of amides is 1. The van der Waals surface area contributed by atoms with Gasteiger partial charge < -0.3 is 9.73 Å². The van der Waals surface area contributed by atoms with Gasteiger partial charge in [0.2, 0.25) is 0 Å². The fourth-order valence-corrected chi connectivity index (χ4v) is 2.76. The van der Waals surface area contributed by atoms with E-state index in [1.165, 1.54) is 6.08 Å². The van der Waals surface area contributed by atoms with Crippen molar-refractivity contribution in [1.82, 2.24) is 0 Å². The van der Waals surface area contributed by atoms with E-state index in [9.17, 15) is 10.1 Å². The molecule has 0 aliphatic carbocycles. The molecule has 6 heteroatoms. The van der Waals surface area contributed by atoms with Crippen molar-refractivity contribution in [1.29, 1.82) is 5.26 Å². The second-order valence-corrected chi connectivity index (χ2v) is 6.66. The zero-order valence-electron chi connectivity index (χ0n) is 14.3. The number of carbonyl (C=O) groups is 1. The Morgan fingerprint density at radius 3 is 2.48 bits per heavy atom. The molecule has 0 radical (unpaired) electrons. The molecule has 0 bridgehead atoms. The molecular formula is C21H14Cl2N2O2. The van der Waals surface area contributed by atoms with E-state index < -0.39 is 5.91 Å². The first kappa shape index (κ1) is 18.8. The van der Waals surface area contributed by atoms with E-state index in [-0.39, 0.29) is 5.57 Å². The Morgan fingerprint density at radius 1 is 1.07 bits per heavy atom. The zero-order valence-corrected chi connectivity index (χ0v) is 15.8. The summed E-state index contributed by atoms with van der Waals surface area (Å²) >= 11 is 11.9. The molecule has 0 aliphatic heterocycles. The van der Waals surface area contributed by atoms with Gasteiger partial charge in [-0.05, 0) is 61.0 Å². The summed E-state index contributed by atoms with van der Waals surface area (Å²) in [5.74, 6) is 0.473. The van der Waals surface area contributed by atoms with E-state index in [2.05, 4.69) is 5.32 Å². The molecule has 27 heavy (non-hydrogen) atoms. The van der Waals surface area contributed by atoms with E-state index in [4.69, 9.17) is 27.6 Å². The predicted molar refractivity (Wildman–Crippen MR) is 108 cm³/mol. The summed E-state index contributed by atoms with van der Waals surface area (Å²) in [7, 11) is 0. The summed E-state index contributed by atoms with van der Waals surface area (Å²) in [6, 6.07) is 17.5. The van der Waals surface area contributed by atoms with Gasteiger partial charge in [-0.25, -0.2) is 0 Å². The van der Waals surface area contributed by atoms with Gasteiger partial charge in [-0.1, -0.05) is 29.3 Å². The highest BCUT2D eigenvalue weighted by Crippen LogP contribution is 2.29. The molecule has 4 nitrogen and oxygen atoms in total. The van der Waals surface area contributed by atoms with Crippen molar-refractivity contribution in [2.75, 3.05) is 5.32 Å². The highest BCUT2D eigenvalue weighted by molar-refractivity contribution is 6.31. The highest BCUT2D eigenvalue weighted by atomic mass is 35.5. The molecule has 0 saturated carbocycles. The highest BCUT2D eigenvalue weighted by Gasteiger charge is 2.12. The monoisotopic (exact) mass is 396 g/mol. The van der Waals surface area contributed by atoms with Gasteiger partial charge in [-0.3, -0.25) is 4.79 Å². The van der Waals surface area contributed by atoms with Crippen LogP contribution in [0.3, 0.4) is 0 Å². The third kappa shape index (κ3) is 4.59. The first-order chi connectivity index (χ1) is 13.0. The number of carbonyl (C=O) groups excluding carboxylic acids is 1. The Morgan fingerprint density at radius 2 is 1.78 bits per heavy atom. The van der Waals surface area contributed by atoms with E-state index in [1.54, 1.807) is 42.5 Å². The van der Waals surface area contributed by atoms with Crippen molar-refractivity contribution in [3.05, 3.63) is 81.5 Å². The molecule has 1 heterocycles. The molecule has 0 spiro atoms. The first-order valence-electron chi connectivity index (χ1n) is 8.01. The predicted octanol–water partition coefficient (Wildman–Crippen LogP) is 6.11. The third-order valence-electron chi connectivity index (χ3n) is 3.85. The van der Waals surface area contributed by atoms with Crippen molar-refractivity contribution < 1.29 is 9.21 Å². The van der Waals surface area contributed by atoms with E-state index in [1.807, 2.05) is 25.1 Å². The van der Waals surface area contributed by atoms with Crippen molar-refractivity contribution >= 4 is 40.9 Å². The second-order valence-electron chi connectivity index (χ2n) is 5.79. The molecule has 134 valence electrons. The Kier molecular flexibility index (Phi) is 5.66. The Hall–Kier alpha value is -3.00. The maximum Gasteiger partial charge on any atom is 0.266 e. The lowest BCUT2D eigenvalue weighted by atomic mass is 10.1. The number of halogens is 2.